The van der Waals surface area contributed by atoms with Crippen LogP contribution in [0.25, 0.3) is 10.4 Å². The van der Waals surface area contributed by atoms with Crippen molar-refractivity contribution >= 4 is 52.6 Å². The zero-order valence-electron chi connectivity index (χ0n) is 13.3. The maximum Gasteiger partial charge on any atom is 0.303 e. The highest BCUT2D eigenvalue weighted by atomic mass is 35.6. The Kier molecular flexibility index (Phi) is 7.58. The Morgan fingerprint density at radius 3 is 2.12 bits per heavy atom. The molecular formula is C12H15Cl3N4O6. The summed E-state index contributed by atoms with van der Waals surface area (Å²) in [5, 5.41) is 11.1. The molecule has 25 heavy (non-hydrogen) atoms. The fourth-order valence-corrected chi connectivity index (χ4v) is 2.26. The van der Waals surface area contributed by atoms with Gasteiger partial charge in [0, 0.05) is 18.8 Å². The molecule has 10 nitrogen and oxygen atoms in total. The van der Waals surface area contributed by atoms with Gasteiger partial charge in [-0.3, -0.25) is 15.0 Å². The molecule has 0 aromatic rings. The first-order valence-corrected chi connectivity index (χ1v) is 7.97. The zero-order chi connectivity index (χ0) is 19.4. The molecule has 13 heteroatoms. The Morgan fingerprint density at radius 2 is 1.68 bits per heavy atom. The van der Waals surface area contributed by atoms with E-state index in [-0.39, 0.29) is 0 Å². The highest BCUT2D eigenvalue weighted by Gasteiger charge is 2.50. The minimum Gasteiger partial charge on any atom is -0.458 e. The quantitative estimate of drug-likeness (QED) is 0.142. The molecule has 0 saturated carbocycles. The second-order valence-electron chi connectivity index (χ2n) is 5.00. The SMILES string of the molecule is CC(=O)O[C@H]1[C@H](N=[N+]=[N-])[C@@H](C)OC(OC(=N)C(Cl)(Cl)Cl)[C@@H]1OC(C)=O. The van der Waals surface area contributed by atoms with Crippen LogP contribution in [0, 0.1) is 5.41 Å². The van der Waals surface area contributed by atoms with Gasteiger partial charge in [0.1, 0.15) is 6.04 Å². The molecule has 0 aromatic carbocycles. The van der Waals surface area contributed by atoms with Gasteiger partial charge in [-0.25, -0.2) is 0 Å². The molecule has 0 spiro atoms. The van der Waals surface area contributed by atoms with Gasteiger partial charge in [-0.05, 0) is 12.5 Å². The van der Waals surface area contributed by atoms with E-state index in [1.54, 1.807) is 0 Å². The molecule has 140 valence electrons. The fraction of sp³-hybridized carbons (Fsp3) is 0.750. The van der Waals surface area contributed by atoms with Gasteiger partial charge in [0.25, 0.3) is 3.79 Å². The van der Waals surface area contributed by atoms with E-state index in [0.717, 1.165) is 13.8 Å². The summed E-state index contributed by atoms with van der Waals surface area (Å²) in [7, 11) is 0. The van der Waals surface area contributed by atoms with Gasteiger partial charge in [0.2, 0.25) is 18.3 Å². The number of carbonyl (C=O) groups excluding carboxylic acids is 2. The molecule has 0 aromatic heterocycles. The van der Waals surface area contributed by atoms with Crippen LogP contribution in [0.2, 0.25) is 0 Å². The monoisotopic (exact) mass is 416 g/mol. The van der Waals surface area contributed by atoms with Crippen LogP contribution in [-0.2, 0) is 28.5 Å². The fourth-order valence-electron chi connectivity index (χ4n) is 2.13. The van der Waals surface area contributed by atoms with Crippen LogP contribution in [0.15, 0.2) is 5.11 Å². The summed E-state index contributed by atoms with van der Waals surface area (Å²) in [6, 6.07) is -1.01. The van der Waals surface area contributed by atoms with Gasteiger partial charge in [0.05, 0.1) is 6.10 Å². The molecule has 1 aliphatic rings. The molecule has 1 unspecified atom stereocenters. The number of nitrogens with one attached hydrogen (secondary N) is 1. The lowest BCUT2D eigenvalue weighted by atomic mass is 9.97. The smallest absolute Gasteiger partial charge is 0.303 e. The van der Waals surface area contributed by atoms with E-state index in [1.807, 2.05) is 0 Å². The molecule has 0 amide bonds. The minimum atomic E-state index is -2.19. The number of esters is 2. The van der Waals surface area contributed by atoms with Crippen molar-refractivity contribution in [2.24, 2.45) is 5.11 Å². The average molecular weight is 418 g/mol. The molecule has 1 fully saturated rings. The van der Waals surface area contributed by atoms with Crippen molar-refractivity contribution in [3.8, 4) is 0 Å². The van der Waals surface area contributed by atoms with Crippen molar-refractivity contribution in [3.05, 3.63) is 10.4 Å². The number of ether oxygens (including phenoxy) is 4. The van der Waals surface area contributed by atoms with Crippen molar-refractivity contribution in [1.82, 2.24) is 0 Å². The molecule has 1 heterocycles. The summed E-state index contributed by atoms with van der Waals surface area (Å²) < 4.78 is 18.6. The molecule has 0 radical (unpaired) electrons. The van der Waals surface area contributed by atoms with Gasteiger partial charge in [-0.2, -0.15) is 0 Å². The van der Waals surface area contributed by atoms with E-state index < -0.39 is 52.3 Å². The highest BCUT2D eigenvalue weighted by molar-refractivity contribution is 6.76. The van der Waals surface area contributed by atoms with Gasteiger partial charge < -0.3 is 18.9 Å². The van der Waals surface area contributed by atoms with Crippen LogP contribution in [0.5, 0.6) is 0 Å². The predicted molar refractivity (Wildman–Crippen MR) is 87.5 cm³/mol. The largest absolute Gasteiger partial charge is 0.458 e. The normalized spacial score (nSPS) is 29.1. The number of carbonyl (C=O) groups is 2. The number of rotatable bonds is 4. The van der Waals surface area contributed by atoms with E-state index >= 15 is 0 Å². The van der Waals surface area contributed by atoms with Crippen molar-refractivity contribution in [2.75, 3.05) is 0 Å². The lowest BCUT2D eigenvalue weighted by Gasteiger charge is -2.42. The van der Waals surface area contributed by atoms with Crippen molar-refractivity contribution in [2.45, 2.75) is 55.2 Å². The Hall–Kier alpha value is -1.45. The van der Waals surface area contributed by atoms with Crippen LogP contribution >= 0.6 is 34.8 Å². The number of alkyl halides is 3. The minimum absolute atomic E-state index is 0.718. The Morgan fingerprint density at radius 1 is 1.16 bits per heavy atom. The topological polar surface area (TPSA) is 144 Å². The molecule has 1 N–H and O–H groups in total. The first kappa shape index (κ1) is 21.6. The molecule has 1 rings (SSSR count). The van der Waals surface area contributed by atoms with Gasteiger partial charge in [0.15, 0.2) is 6.10 Å². The third-order valence-electron chi connectivity index (χ3n) is 3.04. The van der Waals surface area contributed by atoms with Crippen molar-refractivity contribution in [3.63, 3.8) is 0 Å². The maximum atomic E-state index is 11.4. The summed E-state index contributed by atoms with van der Waals surface area (Å²) in [5.74, 6) is -2.27. The standard InChI is InChI=1S/C12H15Cl3N4O6/c1-4-7(18-19-17)8(23-5(2)20)9(24-6(3)21)10(22-4)25-11(16)12(13,14)15/h4,7-10,16H,1-3H3/t4-,7-,8+,9-,10?/m1/s1. The molecule has 1 saturated heterocycles. The summed E-state index contributed by atoms with van der Waals surface area (Å²) in [5.41, 5.74) is 8.71. The van der Waals surface area contributed by atoms with Crippen LogP contribution < -0.4 is 0 Å². The second-order valence-corrected chi connectivity index (χ2v) is 7.28. The van der Waals surface area contributed by atoms with Crippen molar-refractivity contribution in [1.29, 1.82) is 5.41 Å². The number of azide groups is 1. The van der Waals surface area contributed by atoms with Crippen LogP contribution in [0.4, 0.5) is 0 Å². The van der Waals surface area contributed by atoms with E-state index in [2.05, 4.69) is 10.0 Å². The molecular weight excluding hydrogens is 403 g/mol. The molecule has 5 atom stereocenters. The van der Waals surface area contributed by atoms with E-state index in [1.165, 1.54) is 6.92 Å². The van der Waals surface area contributed by atoms with Crippen LogP contribution in [-0.4, -0.2) is 52.3 Å². The third kappa shape index (κ3) is 6.09. The Bertz CT molecular complexity index is 592. The van der Waals surface area contributed by atoms with Gasteiger partial charge in [-0.15, -0.1) is 0 Å². The first-order valence-electron chi connectivity index (χ1n) is 6.83. The van der Waals surface area contributed by atoms with Crippen LogP contribution in [0.3, 0.4) is 0 Å². The average Bonchev–Trinajstić information content (AvgIpc) is 2.44. The highest BCUT2D eigenvalue weighted by Crippen LogP contribution is 2.33. The van der Waals surface area contributed by atoms with E-state index in [9.17, 15) is 9.59 Å². The Balaban J connectivity index is 3.22. The predicted octanol–water partition coefficient (Wildman–Crippen LogP) is 2.64. The first-order chi connectivity index (χ1) is 11.5. The summed E-state index contributed by atoms with van der Waals surface area (Å²) in [6.07, 6.45) is -4.84. The van der Waals surface area contributed by atoms with Gasteiger partial charge in [-0.1, -0.05) is 39.9 Å². The summed E-state index contributed by atoms with van der Waals surface area (Å²) in [4.78, 5) is 25.5. The zero-order valence-corrected chi connectivity index (χ0v) is 15.6. The van der Waals surface area contributed by atoms with E-state index in [0.29, 0.717) is 0 Å². The van der Waals surface area contributed by atoms with Crippen LogP contribution in [0.1, 0.15) is 20.8 Å². The summed E-state index contributed by atoms with van der Waals surface area (Å²) >= 11 is 16.7. The number of halogens is 3. The van der Waals surface area contributed by atoms with E-state index in [4.69, 9.17) is 64.7 Å². The van der Waals surface area contributed by atoms with Crippen molar-refractivity contribution < 1.29 is 28.5 Å². The molecule has 0 aliphatic carbocycles. The number of hydrogen-bond acceptors (Lipinski definition) is 8. The van der Waals surface area contributed by atoms with Gasteiger partial charge >= 0.3 is 11.9 Å². The summed E-state index contributed by atoms with van der Waals surface area (Å²) in [6.45, 7) is 3.73. The Labute approximate surface area is 157 Å². The maximum absolute atomic E-state index is 11.4. The lowest BCUT2D eigenvalue weighted by Crippen LogP contribution is -2.60. The number of nitrogens with zero attached hydrogens (tertiary/aromatic N) is 3. The molecule has 1 aliphatic heterocycles. The molecule has 0 bridgehead atoms. The lowest BCUT2D eigenvalue weighted by molar-refractivity contribution is -0.256. The second kappa shape index (κ2) is 8.77. The number of hydrogen-bond donors (Lipinski definition) is 1. The third-order valence-corrected chi connectivity index (χ3v) is 3.55.